The van der Waals surface area contributed by atoms with E-state index in [1.54, 1.807) is 0 Å². The number of aliphatic hydroxyl groups is 1. The molecule has 3 heteroatoms. The number of hydrogen-bond acceptors (Lipinski definition) is 3. The molecule has 0 amide bonds. The van der Waals surface area contributed by atoms with Crippen LogP contribution >= 0.6 is 0 Å². The van der Waals surface area contributed by atoms with E-state index in [2.05, 4.69) is 48.0 Å². The van der Waals surface area contributed by atoms with Crippen molar-refractivity contribution in [2.75, 3.05) is 11.4 Å². The number of allylic oxidation sites excluding steroid dienone is 1. The molecule has 3 nitrogen and oxygen atoms in total. The van der Waals surface area contributed by atoms with Gasteiger partial charge in [-0.1, -0.05) is 50.2 Å². The van der Waals surface area contributed by atoms with E-state index in [1.807, 2.05) is 36.5 Å². The average Bonchev–Trinajstić information content (AvgIpc) is 2.82. The van der Waals surface area contributed by atoms with Crippen molar-refractivity contribution in [3.63, 3.8) is 0 Å². The van der Waals surface area contributed by atoms with Crippen LogP contribution in [0.5, 0.6) is 0 Å². The normalized spacial score (nSPS) is 22.0. The van der Waals surface area contributed by atoms with E-state index in [-0.39, 0.29) is 11.5 Å². The van der Waals surface area contributed by atoms with Crippen LogP contribution in [0, 0.1) is 0 Å². The molecule has 4 rings (SSSR count). The summed E-state index contributed by atoms with van der Waals surface area (Å²) in [6.07, 6.45) is 2.22. The zero-order valence-electron chi connectivity index (χ0n) is 14.1. The van der Waals surface area contributed by atoms with Gasteiger partial charge >= 0.3 is 0 Å². The molecule has 0 spiro atoms. The molecule has 0 fully saturated rings. The van der Waals surface area contributed by atoms with Crippen molar-refractivity contribution in [2.24, 2.45) is 4.99 Å². The van der Waals surface area contributed by atoms with Gasteiger partial charge < -0.3 is 10.0 Å². The van der Waals surface area contributed by atoms with Gasteiger partial charge in [0.15, 0.2) is 0 Å². The molecule has 122 valence electrons. The number of aliphatic hydroxyl groups excluding tert-OH is 1. The third-order valence-corrected chi connectivity index (χ3v) is 5.01. The summed E-state index contributed by atoms with van der Waals surface area (Å²) in [5.41, 5.74) is 5.79. The third kappa shape index (κ3) is 2.36. The Morgan fingerprint density at radius 3 is 2.58 bits per heavy atom. The number of benzene rings is 2. The monoisotopic (exact) mass is 318 g/mol. The predicted molar refractivity (Wildman–Crippen MR) is 99.1 cm³/mol. The van der Waals surface area contributed by atoms with Gasteiger partial charge in [-0.25, -0.2) is 0 Å². The van der Waals surface area contributed by atoms with Crippen molar-refractivity contribution < 1.29 is 5.11 Å². The number of nitrogens with zero attached hydrogens (tertiary/aromatic N) is 2. The Kier molecular flexibility index (Phi) is 3.54. The standard InChI is InChI=1S/C21H22N2O/c1-21(2)18-10-6-7-11-19(18)23-14-17(24)12-15(20(21)23)13-22-16-8-4-3-5-9-16/h3-11,13,17,24H,12,14H2,1-2H3/t17-/m1/s1. The highest BCUT2D eigenvalue weighted by Crippen LogP contribution is 2.50. The van der Waals surface area contributed by atoms with Gasteiger partial charge in [0.1, 0.15) is 0 Å². The maximum Gasteiger partial charge on any atom is 0.0760 e. The van der Waals surface area contributed by atoms with Crippen LogP contribution in [-0.2, 0) is 5.41 Å². The first-order valence-corrected chi connectivity index (χ1v) is 8.45. The van der Waals surface area contributed by atoms with Crippen LogP contribution in [0.2, 0.25) is 0 Å². The van der Waals surface area contributed by atoms with Gasteiger partial charge in [-0.2, -0.15) is 0 Å². The SMILES string of the molecule is CC1(C)C2=C(C=Nc3ccccc3)C[C@@H](O)CN2c2ccccc21. The fraction of sp³-hybridized carbons (Fsp3) is 0.286. The highest BCUT2D eigenvalue weighted by atomic mass is 16.3. The summed E-state index contributed by atoms with van der Waals surface area (Å²) in [4.78, 5) is 6.91. The second-order valence-electron chi connectivity index (χ2n) is 7.08. The van der Waals surface area contributed by atoms with Crippen LogP contribution in [0.1, 0.15) is 25.8 Å². The number of anilines is 1. The second-order valence-corrected chi connectivity index (χ2v) is 7.08. The Labute approximate surface area is 143 Å². The summed E-state index contributed by atoms with van der Waals surface area (Å²) < 4.78 is 0. The molecule has 2 heterocycles. The van der Waals surface area contributed by atoms with Gasteiger partial charge in [0, 0.05) is 36.0 Å². The summed E-state index contributed by atoms with van der Waals surface area (Å²) >= 11 is 0. The molecule has 24 heavy (non-hydrogen) atoms. The van der Waals surface area contributed by atoms with Crippen LogP contribution in [-0.4, -0.2) is 24.0 Å². The van der Waals surface area contributed by atoms with E-state index in [9.17, 15) is 5.11 Å². The van der Waals surface area contributed by atoms with E-state index < -0.39 is 0 Å². The molecule has 0 saturated heterocycles. The molecule has 2 aliphatic rings. The van der Waals surface area contributed by atoms with Gasteiger partial charge in [0.2, 0.25) is 0 Å². The summed E-state index contributed by atoms with van der Waals surface area (Å²) in [5, 5.41) is 10.4. The second kappa shape index (κ2) is 5.60. The van der Waals surface area contributed by atoms with E-state index in [0.29, 0.717) is 13.0 Å². The van der Waals surface area contributed by atoms with Crippen molar-refractivity contribution >= 4 is 17.6 Å². The molecule has 1 N–H and O–H groups in total. The quantitative estimate of drug-likeness (QED) is 0.842. The number of para-hydroxylation sites is 2. The molecular weight excluding hydrogens is 296 g/mol. The lowest BCUT2D eigenvalue weighted by atomic mass is 9.80. The van der Waals surface area contributed by atoms with Crippen molar-refractivity contribution in [3.8, 4) is 0 Å². The van der Waals surface area contributed by atoms with E-state index in [4.69, 9.17) is 0 Å². The lowest BCUT2D eigenvalue weighted by molar-refractivity contribution is 0.177. The topological polar surface area (TPSA) is 35.8 Å². The predicted octanol–water partition coefficient (Wildman–Crippen LogP) is 4.21. The first-order valence-electron chi connectivity index (χ1n) is 8.45. The smallest absolute Gasteiger partial charge is 0.0760 e. The Morgan fingerprint density at radius 2 is 1.79 bits per heavy atom. The molecule has 0 bridgehead atoms. The maximum absolute atomic E-state index is 10.4. The van der Waals surface area contributed by atoms with Gasteiger partial charge in [0.05, 0.1) is 11.8 Å². The molecule has 0 aromatic heterocycles. The van der Waals surface area contributed by atoms with E-state index in [0.717, 1.165) is 11.3 Å². The zero-order chi connectivity index (χ0) is 16.7. The van der Waals surface area contributed by atoms with Crippen molar-refractivity contribution in [3.05, 3.63) is 71.4 Å². The summed E-state index contributed by atoms with van der Waals surface area (Å²) in [6, 6.07) is 18.4. The van der Waals surface area contributed by atoms with Crippen LogP contribution < -0.4 is 4.90 Å². The van der Waals surface area contributed by atoms with Gasteiger partial charge in [-0.15, -0.1) is 0 Å². The summed E-state index contributed by atoms with van der Waals surface area (Å²) in [6.45, 7) is 5.17. The minimum absolute atomic E-state index is 0.0746. The highest BCUT2D eigenvalue weighted by molar-refractivity contribution is 5.87. The van der Waals surface area contributed by atoms with Crippen LogP contribution in [0.3, 0.4) is 0 Å². The lowest BCUT2D eigenvalue weighted by Gasteiger charge is -2.35. The van der Waals surface area contributed by atoms with Crippen LogP contribution in [0.15, 0.2) is 70.9 Å². The molecule has 0 radical (unpaired) electrons. The fourth-order valence-corrected chi connectivity index (χ4v) is 3.99. The van der Waals surface area contributed by atoms with E-state index >= 15 is 0 Å². The minimum atomic E-state index is -0.368. The number of fused-ring (bicyclic) bond motifs is 3. The van der Waals surface area contributed by atoms with Gasteiger partial charge in [-0.05, 0) is 29.3 Å². The first-order chi connectivity index (χ1) is 11.6. The molecule has 2 aromatic carbocycles. The largest absolute Gasteiger partial charge is 0.391 e. The molecule has 2 aliphatic heterocycles. The van der Waals surface area contributed by atoms with E-state index in [1.165, 1.54) is 16.9 Å². The van der Waals surface area contributed by atoms with Crippen LogP contribution in [0.25, 0.3) is 0 Å². The average molecular weight is 318 g/mol. The molecule has 0 aliphatic carbocycles. The lowest BCUT2D eigenvalue weighted by Crippen LogP contribution is -2.39. The maximum atomic E-state index is 10.4. The van der Waals surface area contributed by atoms with Gasteiger partial charge in [-0.3, -0.25) is 4.99 Å². The fourth-order valence-electron chi connectivity index (χ4n) is 3.99. The molecular formula is C21H22N2O. The summed E-state index contributed by atoms with van der Waals surface area (Å²) in [5.74, 6) is 0. The molecule has 0 saturated carbocycles. The zero-order valence-corrected chi connectivity index (χ0v) is 14.1. The van der Waals surface area contributed by atoms with Gasteiger partial charge in [0.25, 0.3) is 0 Å². The highest BCUT2D eigenvalue weighted by Gasteiger charge is 2.44. The molecule has 2 aromatic rings. The van der Waals surface area contributed by atoms with Crippen LogP contribution in [0.4, 0.5) is 11.4 Å². The third-order valence-electron chi connectivity index (χ3n) is 5.01. The Balaban J connectivity index is 1.82. The minimum Gasteiger partial charge on any atom is -0.391 e. The Morgan fingerprint density at radius 1 is 1.08 bits per heavy atom. The molecule has 1 atom stereocenters. The van der Waals surface area contributed by atoms with Crippen molar-refractivity contribution in [2.45, 2.75) is 31.8 Å². The van der Waals surface area contributed by atoms with Crippen molar-refractivity contribution in [1.82, 2.24) is 0 Å². The summed E-state index contributed by atoms with van der Waals surface area (Å²) in [7, 11) is 0. The Bertz CT molecular complexity index is 821. The number of aliphatic imine (C=N–C) groups is 1. The Hall–Kier alpha value is -2.39. The van der Waals surface area contributed by atoms with Crippen molar-refractivity contribution in [1.29, 1.82) is 0 Å². The number of hydrogen-bond donors (Lipinski definition) is 1. The number of rotatable bonds is 2. The first kappa shape index (κ1) is 15.2. The molecule has 0 unspecified atom stereocenters.